The number of nitrogens with one attached hydrogen (secondary N) is 1. The number of allylic oxidation sites excluding steroid dienone is 9. The molecule has 0 radical (unpaired) electrons. The van der Waals surface area contributed by atoms with Crippen molar-refractivity contribution >= 4 is 11.9 Å². The average Bonchev–Trinajstić information content (AvgIpc) is 3.41. The third-order valence-corrected chi connectivity index (χ3v) is 9.06. The summed E-state index contributed by atoms with van der Waals surface area (Å²) in [7, 11) is 1.61. The van der Waals surface area contributed by atoms with Crippen LogP contribution in [0, 0.1) is 17.3 Å². The fraction of sp³-hybridized carbons (Fsp3) is 0.568. The smallest absolute Gasteiger partial charge is 0.328 e. The van der Waals surface area contributed by atoms with E-state index in [4.69, 9.17) is 19.3 Å². The molecule has 0 aliphatic carbocycles. The fourth-order valence-corrected chi connectivity index (χ4v) is 6.09. The van der Waals surface area contributed by atoms with Crippen molar-refractivity contribution in [2.45, 2.75) is 103 Å². The molecule has 0 aromatic carbocycles. The van der Waals surface area contributed by atoms with Gasteiger partial charge in [0, 0.05) is 37.5 Å². The summed E-state index contributed by atoms with van der Waals surface area (Å²) in [6.07, 6.45) is 16.5. The molecule has 0 spiro atoms. The number of methoxy groups -OCH3 is 1. The zero-order chi connectivity index (χ0) is 36.1. The summed E-state index contributed by atoms with van der Waals surface area (Å²) in [4.78, 5) is 23.8. The van der Waals surface area contributed by atoms with E-state index >= 15 is 0 Å². The largest absolute Gasteiger partial charge is 0.478 e. The Labute approximate surface area is 284 Å². The van der Waals surface area contributed by atoms with Crippen LogP contribution in [0.2, 0.25) is 0 Å². The van der Waals surface area contributed by atoms with Gasteiger partial charge < -0.3 is 45.1 Å². The van der Waals surface area contributed by atoms with Crippen LogP contribution in [0.3, 0.4) is 0 Å². The molecule has 2 rings (SSSR count). The van der Waals surface area contributed by atoms with Crippen molar-refractivity contribution in [2.75, 3.05) is 13.7 Å². The highest BCUT2D eigenvalue weighted by Crippen LogP contribution is 2.44. The van der Waals surface area contributed by atoms with Crippen LogP contribution < -0.4 is 5.32 Å². The summed E-state index contributed by atoms with van der Waals surface area (Å²) in [5, 5.41) is 55.3. The first kappa shape index (κ1) is 41.0. The molecule has 0 saturated carbocycles. The van der Waals surface area contributed by atoms with Crippen LogP contribution >= 0.6 is 0 Å². The van der Waals surface area contributed by atoms with Gasteiger partial charge in [0.15, 0.2) is 0 Å². The molecule has 11 heteroatoms. The van der Waals surface area contributed by atoms with Crippen molar-refractivity contribution in [2.24, 2.45) is 17.3 Å². The predicted octanol–water partition coefficient (Wildman–Crippen LogP) is 3.52. The standard InChI is InChI=1S/C37H55NO10/c1-8-10-13-20-30-36(5,6)33(42)34(43)37(45,48-30)26(9-2)35(44)38-22-17-16-18-24(3)32(46-7)25(4)29-23-27(39)28(47-29)19-14-11-12-15-21-31(40)41/h8,10-21,25-30,32-34,39,42-43,45H,9,22-23H2,1-7H3,(H,38,44)(H,40,41)/b10-8+,12-11+,17-16+,19-14+,20-13+,21-15+,24-18+/t25-,26+,27+,28+,29+,30-,32+,33-,34+,37+/m0/s1. The zero-order valence-corrected chi connectivity index (χ0v) is 29.1. The number of carboxylic acid groups (broad SMARTS) is 1. The Kier molecular flexibility index (Phi) is 16.4. The van der Waals surface area contributed by atoms with Crippen molar-refractivity contribution in [3.05, 3.63) is 84.6 Å². The molecular formula is C37H55NO10. The van der Waals surface area contributed by atoms with Crippen LogP contribution in [0.4, 0.5) is 0 Å². The summed E-state index contributed by atoms with van der Waals surface area (Å²) < 4.78 is 17.9. The number of hydrogen-bond acceptors (Lipinski definition) is 9. The van der Waals surface area contributed by atoms with Gasteiger partial charge in [0.1, 0.15) is 12.2 Å². The van der Waals surface area contributed by atoms with E-state index in [0.717, 1.165) is 11.6 Å². The predicted molar refractivity (Wildman–Crippen MR) is 184 cm³/mol. The molecule has 2 aliphatic heterocycles. The topological polar surface area (TPSA) is 175 Å². The van der Waals surface area contributed by atoms with E-state index < -0.39 is 59.5 Å². The van der Waals surface area contributed by atoms with Crippen LogP contribution in [0.1, 0.15) is 54.4 Å². The Morgan fingerprint density at radius 3 is 2.31 bits per heavy atom. The summed E-state index contributed by atoms with van der Waals surface area (Å²) in [6, 6.07) is 0. The lowest BCUT2D eigenvalue weighted by Crippen LogP contribution is -2.69. The first-order valence-electron chi connectivity index (χ1n) is 16.4. The van der Waals surface area contributed by atoms with Crippen molar-refractivity contribution < 1.29 is 49.3 Å². The van der Waals surface area contributed by atoms with Crippen LogP contribution in [0.5, 0.6) is 0 Å². The van der Waals surface area contributed by atoms with E-state index in [1.54, 1.807) is 82.6 Å². The molecule has 0 bridgehead atoms. The monoisotopic (exact) mass is 673 g/mol. The van der Waals surface area contributed by atoms with E-state index in [9.17, 15) is 30.0 Å². The minimum absolute atomic E-state index is 0.0913. The molecule has 2 aliphatic rings. The van der Waals surface area contributed by atoms with Gasteiger partial charge in [0.2, 0.25) is 11.7 Å². The quantitative estimate of drug-likeness (QED) is 0.105. The second-order valence-corrected chi connectivity index (χ2v) is 12.9. The molecule has 10 atom stereocenters. The maximum absolute atomic E-state index is 13.2. The molecule has 0 aromatic heterocycles. The van der Waals surface area contributed by atoms with Gasteiger partial charge in [-0.05, 0) is 25.8 Å². The molecule has 0 unspecified atom stereocenters. The van der Waals surface area contributed by atoms with Crippen LogP contribution in [-0.4, -0.2) is 99.6 Å². The minimum Gasteiger partial charge on any atom is -0.478 e. The molecule has 2 saturated heterocycles. The van der Waals surface area contributed by atoms with Gasteiger partial charge in [0.25, 0.3) is 0 Å². The Bertz CT molecular complexity index is 1260. The van der Waals surface area contributed by atoms with Crippen molar-refractivity contribution in [1.29, 1.82) is 0 Å². The van der Waals surface area contributed by atoms with Crippen molar-refractivity contribution in [3.63, 3.8) is 0 Å². The first-order valence-corrected chi connectivity index (χ1v) is 16.4. The van der Waals surface area contributed by atoms with Gasteiger partial charge in [-0.2, -0.15) is 0 Å². The Hall–Kier alpha value is -3.16. The van der Waals surface area contributed by atoms with Gasteiger partial charge >= 0.3 is 5.97 Å². The second-order valence-electron chi connectivity index (χ2n) is 12.9. The number of carbonyl (C=O) groups is 2. The lowest BCUT2D eigenvalue weighted by Gasteiger charge is -2.53. The maximum atomic E-state index is 13.2. The summed E-state index contributed by atoms with van der Waals surface area (Å²) in [5.74, 6) is -5.10. The van der Waals surface area contributed by atoms with Gasteiger partial charge in [-0.25, -0.2) is 4.79 Å². The van der Waals surface area contributed by atoms with Crippen molar-refractivity contribution in [1.82, 2.24) is 5.32 Å². The van der Waals surface area contributed by atoms with Gasteiger partial charge in [-0.3, -0.25) is 4.79 Å². The molecule has 268 valence electrons. The number of aliphatic carboxylic acids is 1. The maximum Gasteiger partial charge on any atom is 0.328 e. The van der Waals surface area contributed by atoms with Gasteiger partial charge in [-0.15, -0.1) is 0 Å². The highest BCUT2D eigenvalue weighted by Gasteiger charge is 2.60. The number of amides is 1. The van der Waals surface area contributed by atoms with Crippen LogP contribution in [0.15, 0.2) is 84.6 Å². The number of rotatable bonds is 16. The van der Waals surface area contributed by atoms with E-state index in [1.807, 2.05) is 32.9 Å². The summed E-state index contributed by atoms with van der Waals surface area (Å²) >= 11 is 0. The summed E-state index contributed by atoms with van der Waals surface area (Å²) in [6.45, 7) is 11.1. The van der Waals surface area contributed by atoms with E-state index in [2.05, 4.69) is 5.32 Å². The molecular weight excluding hydrogens is 618 g/mol. The molecule has 0 aromatic rings. The summed E-state index contributed by atoms with van der Waals surface area (Å²) in [5.41, 5.74) is -0.0158. The molecule has 2 heterocycles. The number of aliphatic hydroxyl groups is 4. The Morgan fingerprint density at radius 2 is 1.69 bits per heavy atom. The number of aliphatic hydroxyl groups excluding tert-OH is 3. The average molecular weight is 674 g/mol. The molecule has 48 heavy (non-hydrogen) atoms. The number of ether oxygens (including phenoxy) is 3. The molecule has 2 fully saturated rings. The highest BCUT2D eigenvalue weighted by atomic mass is 16.7. The lowest BCUT2D eigenvalue weighted by molar-refractivity contribution is -0.359. The third-order valence-electron chi connectivity index (χ3n) is 9.06. The Balaban J connectivity index is 2.01. The number of hydrogen-bond donors (Lipinski definition) is 6. The van der Waals surface area contributed by atoms with E-state index in [-0.39, 0.29) is 31.1 Å². The highest BCUT2D eigenvalue weighted by molar-refractivity contribution is 5.80. The van der Waals surface area contributed by atoms with E-state index in [0.29, 0.717) is 6.42 Å². The second kappa shape index (κ2) is 19.1. The molecule has 6 N–H and O–H groups in total. The molecule has 1 amide bonds. The van der Waals surface area contributed by atoms with Crippen LogP contribution in [0.25, 0.3) is 0 Å². The van der Waals surface area contributed by atoms with Crippen LogP contribution in [-0.2, 0) is 23.8 Å². The zero-order valence-electron chi connectivity index (χ0n) is 29.1. The molecule has 11 nitrogen and oxygen atoms in total. The van der Waals surface area contributed by atoms with Gasteiger partial charge in [0.05, 0.1) is 36.4 Å². The van der Waals surface area contributed by atoms with E-state index in [1.165, 1.54) is 6.08 Å². The van der Waals surface area contributed by atoms with Crippen molar-refractivity contribution in [3.8, 4) is 0 Å². The fourth-order valence-electron chi connectivity index (χ4n) is 6.09. The SMILES string of the molecule is C/C=C/C=C/[C@@H]1O[C@](O)([C@H](CC)C(=O)NC/C=C/C=C(\C)[C@@H](OC)[C@@H](C)[C@H]2C[C@@H](O)[C@@H](/C=C/C=C/C=C/C(=O)O)O2)[C@H](O)[C@H](O)C1(C)C. The minimum atomic E-state index is -2.30. The first-order chi connectivity index (χ1) is 22.6. The third kappa shape index (κ3) is 10.7. The van der Waals surface area contributed by atoms with Gasteiger partial charge in [-0.1, -0.05) is 101 Å². The number of carboxylic acids is 1. The Morgan fingerprint density at radius 1 is 1.02 bits per heavy atom. The normalized spacial score (nSPS) is 31.9. The lowest BCUT2D eigenvalue weighted by atomic mass is 9.71. The number of carbonyl (C=O) groups excluding carboxylic acids is 1.